The maximum absolute atomic E-state index is 6.01. The van der Waals surface area contributed by atoms with E-state index >= 15 is 0 Å². The van der Waals surface area contributed by atoms with Crippen LogP contribution in [0.5, 0.6) is 0 Å². The van der Waals surface area contributed by atoms with Gasteiger partial charge >= 0.3 is 0 Å². The molecule has 0 saturated carbocycles. The van der Waals surface area contributed by atoms with Crippen molar-refractivity contribution < 1.29 is 0 Å². The van der Waals surface area contributed by atoms with E-state index < -0.39 is 6.46 Å². The maximum Gasteiger partial charge on any atom is 0.129 e. The summed E-state index contributed by atoms with van der Waals surface area (Å²) in [6.45, 7) is 17.1. The van der Waals surface area contributed by atoms with Crippen molar-refractivity contribution in [3.63, 3.8) is 0 Å². The molecule has 79 valence electrons. The second-order valence-corrected chi connectivity index (χ2v) is 12.9. The molecular formula is C11H25PS+. The lowest BCUT2D eigenvalue weighted by Crippen LogP contribution is -2.35. The largest absolute Gasteiger partial charge is 0.129 e. The standard InChI is InChI=1S/C11H25PS/c1-9(2)12(13,10(3,4)5)11(6,7)8/h9H,1-8H3/q+1. The summed E-state index contributed by atoms with van der Waals surface area (Å²) in [7, 11) is 0. The molecule has 0 aromatic rings. The van der Waals surface area contributed by atoms with Gasteiger partial charge in [0, 0.05) is 0 Å². The van der Waals surface area contributed by atoms with Gasteiger partial charge in [-0.15, -0.1) is 0 Å². The lowest BCUT2D eigenvalue weighted by Gasteiger charge is -2.44. The molecule has 1 radical (unpaired) electrons. The van der Waals surface area contributed by atoms with Crippen molar-refractivity contribution in [1.29, 1.82) is 0 Å². The predicted octanol–water partition coefficient (Wildman–Crippen LogP) is 5.12. The Bertz CT molecular complexity index is 158. The van der Waals surface area contributed by atoms with E-state index in [4.69, 9.17) is 12.2 Å². The Morgan fingerprint density at radius 3 is 1.08 bits per heavy atom. The second-order valence-electron chi connectivity index (χ2n) is 6.09. The number of hydrogen-bond acceptors (Lipinski definition) is 0. The molecule has 2 heteroatoms. The molecule has 0 saturated heterocycles. The third-order valence-electron chi connectivity index (χ3n) is 2.72. The molecular weight excluding hydrogens is 195 g/mol. The van der Waals surface area contributed by atoms with E-state index in [1.54, 1.807) is 0 Å². The minimum Gasteiger partial charge on any atom is -0.0275 e. The van der Waals surface area contributed by atoms with Crippen LogP contribution < -0.4 is 0 Å². The zero-order valence-electron chi connectivity index (χ0n) is 10.4. The third-order valence-corrected chi connectivity index (χ3v) is 12.7. The van der Waals surface area contributed by atoms with E-state index in [9.17, 15) is 0 Å². The van der Waals surface area contributed by atoms with Crippen LogP contribution in [-0.2, 0) is 0 Å². The third kappa shape index (κ3) is 2.42. The van der Waals surface area contributed by atoms with Crippen molar-refractivity contribution >= 4 is 18.7 Å². The van der Waals surface area contributed by atoms with Crippen molar-refractivity contribution in [2.24, 2.45) is 0 Å². The molecule has 0 aliphatic heterocycles. The van der Waals surface area contributed by atoms with Gasteiger partial charge in [-0.25, -0.2) is 0 Å². The Balaban J connectivity index is 5.22. The molecule has 0 aliphatic carbocycles. The van der Waals surface area contributed by atoms with Crippen molar-refractivity contribution in [3.05, 3.63) is 0 Å². The van der Waals surface area contributed by atoms with E-state index in [0.717, 1.165) is 0 Å². The van der Waals surface area contributed by atoms with Crippen LogP contribution in [0, 0.1) is 0 Å². The molecule has 0 rings (SSSR count). The lowest BCUT2D eigenvalue weighted by atomic mass is 10.2. The average molecular weight is 220 g/mol. The molecule has 0 spiro atoms. The SMILES string of the molecule is CC(C)[P+]([S])(C(C)(C)C)C(C)(C)C. The second kappa shape index (κ2) is 3.74. The van der Waals surface area contributed by atoms with Crippen molar-refractivity contribution in [1.82, 2.24) is 0 Å². The summed E-state index contributed by atoms with van der Waals surface area (Å²) in [4.78, 5) is 0. The van der Waals surface area contributed by atoms with Gasteiger partial charge in [0.05, 0.1) is 16.0 Å². The van der Waals surface area contributed by atoms with E-state index in [1.807, 2.05) is 0 Å². The van der Waals surface area contributed by atoms with Gasteiger partial charge in [-0.05, 0) is 55.4 Å². The minimum atomic E-state index is -1.33. The Morgan fingerprint density at radius 1 is 0.846 bits per heavy atom. The van der Waals surface area contributed by atoms with Gasteiger partial charge in [0.25, 0.3) is 0 Å². The van der Waals surface area contributed by atoms with Crippen LogP contribution >= 0.6 is 18.7 Å². The summed E-state index contributed by atoms with van der Waals surface area (Å²) in [5, 5.41) is 0.573. The van der Waals surface area contributed by atoms with Crippen LogP contribution in [0.4, 0.5) is 0 Å². The van der Waals surface area contributed by atoms with Gasteiger partial charge in [-0.1, -0.05) is 0 Å². The van der Waals surface area contributed by atoms with E-state index in [1.165, 1.54) is 0 Å². The smallest absolute Gasteiger partial charge is 0.0275 e. The van der Waals surface area contributed by atoms with Gasteiger partial charge < -0.3 is 0 Å². The molecule has 0 unspecified atom stereocenters. The van der Waals surface area contributed by atoms with Gasteiger partial charge in [0.1, 0.15) is 18.7 Å². The van der Waals surface area contributed by atoms with Crippen LogP contribution in [0.25, 0.3) is 0 Å². The quantitative estimate of drug-likeness (QED) is 0.538. The van der Waals surface area contributed by atoms with Crippen molar-refractivity contribution in [2.75, 3.05) is 0 Å². The first-order valence-corrected chi connectivity index (χ1v) is 7.91. The van der Waals surface area contributed by atoms with Crippen molar-refractivity contribution in [2.45, 2.75) is 71.4 Å². The summed E-state index contributed by atoms with van der Waals surface area (Å²) >= 11 is 6.01. The van der Waals surface area contributed by atoms with Gasteiger partial charge in [0.2, 0.25) is 0 Å². The van der Waals surface area contributed by atoms with Crippen molar-refractivity contribution in [3.8, 4) is 0 Å². The lowest BCUT2D eigenvalue weighted by molar-refractivity contribution is 0.686. The Morgan fingerprint density at radius 2 is 1.08 bits per heavy atom. The summed E-state index contributed by atoms with van der Waals surface area (Å²) in [6, 6.07) is 0. The highest BCUT2D eigenvalue weighted by Crippen LogP contribution is 2.82. The summed E-state index contributed by atoms with van der Waals surface area (Å²) in [5.41, 5.74) is 0.641. The molecule has 0 heterocycles. The highest BCUT2D eigenvalue weighted by molar-refractivity contribution is 8.54. The molecule has 0 atom stereocenters. The van der Waals surface area contributed by atoms with E-state index in [0.29, 0.717) is 5.66 Å². The first kappa shape index (κ1) is 13.8. The summed E-state index contributed by atoms with van der Waals surface area (Å²) in [6.07, 6.45) is 0. The van der Waals surface area contributed by atoms with Crippen LogP contribution in [0.1, 0.15) is 55.4 Å². The van der Waals surface area contributed by atoms with Gasteiger partial charge in [0.15, 0.2) is 0 Å². The Hall–Kier alpha value is 0.780. The van der Waals surface area contributed by atoms with Gasteiger partial charge in [-0.2, -0.15) is 0 Å². The molecule has 0 aromatic heterocycles. The van der Waals surface area contributed by atoms with Gasteiger partial charge in [-0.3, -0.25) is 0 Å². The molecule has 0 N–H and O–H groups in total. The predicted molar refractivity (Wildman–Crippen MR) is 69.2 cm³/mol. The fraction of sp³-hybridized carbons (Fsp3) is 1.00. The molecule has 0 aliphatic rings. The fourth-order valence-corrected chi connectivity index (χ4v) is 7.67. The molecule has 0 amide bonds. The molecule has 13 heavy (non-hydrogen) atoms. The zero-order chi connectivity index (χ0) is 11.1. The highest BCUT2D eigenvalue weighted by Gasteiger charge is 2.58. The normalized spacial score (nSPS) is 15.2. The molecule has 0 fully saturated rings. The fourth-order valence-electron chi connectivity index (χ4n) is 2.56. The summed E-state index contributed by atoms with van der Waals surface area (Å²) < 4.78 is 0. The average Bonchev–Trinajstić information content (AvgIpc) is 1.80. The maximum atomic E-state index is 6.01. The number of hydrogen-bond donors (Lipinski definition) is 0. The minimum absolute atomic E-state index is 0.286. The molecule has 0 bridgehead atoms. The first-order chi connectivity index (χ1) is 5.44. The molecule has 0 nitrogen and oxygen atoms in total. The Labute approximate surface area is 90.4 Å². The van der Waals surface area contributed by atoms with Crippen LogP contribution in [0.15, 0.2) is 0 Å². The monoisotopic (exact) mass is 220 g/mol. The van der Waals surface area contributed by atoms with Crippen LogP contribution in [0.2, 0.25) is 0 Å². The van der Waals surface area contributed by atoms with Crippen LogP contribution in [0.3, 0.4) is 0 Å². The van der Waals surface area contributed by atoms with Crippen LogP contribution in [-0.4, -0.2) is 16.0 Å². The van der Waals surface area contributed by atoms with E-state index in [-0.39, 0.29) is 10.3 Å². The highest BCUT2D eigenvalue weighted by atomic mass is 32.7. The topological polar surface area (TPSA) is 0 Å². The zero-order valence-corrected chi connectivity index (χ0v) is 12.1. The molecule has 0 aromatic carbocycles. The summed E-state index contributed by atoms with van der Waals surface area (Å²) in [5.74, 6) is 0. The number of rotatable bonds is 1. The Kier molecular flexibility index (Phi) is 3.96. The first-order valence-electron chi connectivity index (χ1n) is 5.04. The van der Waals surface area contributed by atoms with E-state index in [2.05, 4.69) is 55.4 Å².